The zero-order chi connectivity index (χ0) is 16.8. The summed E-state index contributed by atoms with van der Waals surface area (Å²) in [5.74, 6) is 0.401. The third kappa shape index (κ3) is 7.82. The fourth-order valence-corrected chi connectivity index (χ4v) is 2.94. The number of hydrogen-bond acceptors (Lipinski definition) is 3. The van der Waals surface area contributed by atoms with E-state index in [2.05, 4.69) is 44.8 Å². The molecule has 0 spiro atoms. The van der Waals surface area contributed by atoms with Gasteiger partial charge >= 0.3 is 5.97 Å². The number of rotatable bonds is 10. The summed E-state index contributed by atoms with van der Waals surface area (Å²) in [6.07, 6.45) is 0.611. The van der Waals surface area contributed by atoms with E-state index < -0.39 is 11.5 Å². The lowest BCUT2D eigenvalue weighted by Crippen LogP contribution is -2.56. The van der Waals surface area contributed by atoms with Crippen LogP contribution in [0.3, 0.4) is 0 Å². The van der Waals surface area contributed by atoms with Gasteiger partial charge in [-0.25, -0.2) is 0 Å². The lowest BCUT2D eigenvalue weighted by molar-refractivity contribution is -0.145. The molecule has 4 heteroatoms. The van der Waals surface area contributed by atoms with Crippen LogP contribution in [0.25, 0.3) is 0 Å². The minimum Gasteiger partial charge on any atom is -0.480 e. The van der Waals surface area contributed by atoms with Gasteiger partial charge < -0.3 is 10.0 Å². The van der Waals surface area contributed by atoms with Gasteiger partial charge in [0.2, 0.25) is 0 Å². The fraction of sp³-hybridized carbons (Fsp3) is 0.941. The van der Waals surface area contributed by atoms with Crippen molar-refractivity contribution in [3.63, 3.8) is 0 Å². The molecule has 0 rings (SSSR count). The summed E-state index contributed by atoms with van der Waals surface area (Å²) >= 11 is 0. The maximum absolute atomic E-state index is 11.7. The van der Waals surface area contributed by atoms with Crippen molar-refractivity contribution in [1.82, 2.24) is 10.2 Å². The number of nitrogens with zero attached hydrogens (tertiary/aromatic N) is 1. The Balaban J connectivity index is 4.97. The molecule has 0 aliphatic rings. The van der Waals surface area contributed by atoms with Crippen molar-refractivity contribution < 1.29 is 9.90 Å². The fourth-order valence-electron chi connectivity index (χ4n) is 2.94. The van der Waals surface area contributed by atoms with Gasteiger partial charge in [0.1, 0.15) is 5.54 Å². The van der Waals surface area contributed by atoms with Crippen molar-refractivity contribution in [2.75, 3.05) is 13.1 Å². The first-order chi connectivity index (χ1) is 9.47. The molecule has 0 fully saturated rings. The predicted octanol–water partition coefficient (Wildman–Crippen LogP) is 3.22. The molecule has 0 aromatic rings. The molecule has 0 bridgehead atoms. The summed E-state index contributed by atoms with van der Waals surface area (Å²) in [5.41, 5.74) is -0.875. The lowest BCUT2D eigenvalue weighted by atomic mass is 9.91. The molecular weight excluding hydrogens is 264 g/mol. The van der Waals surface area contributed by atoms with Crippen molar-refractivity contribution in [3.05, 3.63) is 0 Å². The van der Waals surface area contributed by atoms with Gasteiger partial charge in [0.05, 0.1) is 0 Å². The van der Waals surface area contributed by atoms with Crippen LogP contribution in [0.4, 0.5) is 0 Å². The van der Waals surface area contributed by atoms with Gasteiger partial charge in [-0.1, -0.05) is 27.7 Å². The third-order valence-electron chi connectivity index (χ3n) is 3.61. The van der Waals surface area contributed by atoms with Crippen LogP contribution in [-0.2, 0) is 4.79 Å². The van der Waals surface area contributed by atoms with Gasteiger partial charge in [-0.2, -0.15) is 0 Å². The second-order valence-electron chi connectivity index (χ2n) is 7.73. The average molecular weight is 300 g/mol. The molecular formula is C17H36N2O2. The molecule has 0 aliphatic heterocycles. The summed E-state index contributed by atoms with van der Waals surface area (Å²) in [5, 5.41) is 12.8. The number of hydrogen-bond donors (Lipinski definition) is 2. The second-order valence-corrected chi connectivity index (χ2v) is 7.73. The van der Waals surface area contributed by atoms with E-state index in [0.717, 1.165) is 13.1 Å². The number of aliphatic carboxylic acids is 1. The standard InChI is InChI=1S/C17H36N2O2/c1-12(2)10-19(11-13(3)4)15(7)9-17(8,16(20)21)18-14(5)6/h12-15,18H,9-11H2,1-8H3,(H,20,21). The van der Waals surface area contributed by atoms with Crippen LogP contribution >= 0.6 is 0 Å². The van der Waals surface area contributed by atoms with E-state index in [0.29, 0.717) is 18.3 Å². The van der Waals surface area contributed by atoms with E-state index >= 15 is 0 Å². The molecule has 2 N–H and O–H groups in total. The van der Waals surface area contributed by atoms with E-state index in [1.165, 1.54) is 0 Å². The Bertz CT molecular complexity index is 306. The van der Waals surface area contributed by atoms with Crippen molar-refractivity contribution in [1.29, 1.82) is 0 Å². The summed E-state index contributed by atoms with van der Waals surface area (Å²) in [7, 11) is 0. The number of carbonyl (C=O) groups is 1. The maximum atomic E-state index is 11.7. The van der Waals surface area contributed by atoms with Crippen molar-refractivity contribution in [2.24, 2.45) is 11.8 Å². The van der Waals surface area contributed by atoms with E-state index in [4.69, 9.17) is 0 Å². The van der Waals surface area contributed by atoms with Crippen LogP contribution < -0.4 is 5.32 Å². The molecule has 0 aromatic heterocycles. The maximum Gasteiger partial charge on any atom is 0.323 e. The monoisotopic (exact) mass is 300 g/mol. The number of nitrogens with one attached hydrogen (secondary N) is 1. The first-order valence-corrected chi connectivity index (χ1v) is 8.23. The normalized spacial score (nSPS) is 16.8. The molecule has 126 valence electrons. The molecule has 4 nitrogen and oxygen atoms in total. The smallest absolute Gasteiger partial charge is 0.323 e. The Morgan fingerprint density at radius 1 is 1.05 bits per heavy atom. The van der Waals surface area contributed by atoms with Crippen LogP contribution in [0.1, 0.15) is 61.8 Å². The third-order valence-corrected chi connectivity index (χ3v) is 3.61. The van der Waals surface area contributed by atoms with Gasteiger partial charge in [-0.05, 0) is 46.0 Å². The highest BCUT2D eigenvalue weighted by Crippen LogP contribution is 2.20. The lowest BCUT2D eigenvalue weighted by Gasteiger charge is -2.38. The van der Waals surface area contributed by atoms with Gasteiger partial charge in [0.25, 0.3) is 0 Å². The topological polar surface area (TPSA) is 52.6 Å². The summed E-state index contributed by atoms with van der Waals surface area (Å²) in [4.78, 5) is 14.1. The zero-order valence-corrected chi connectivity index (χ0v) is 15.2. The van der Waals surface area contributed by atoms with E-state index in [1.807, 2.05) is 13.8 Å². The molecule has 0 saturated heterocycles. The van der Waals surface area contributed by atoms with Crippen LogP contribution in [0.5, 0.6) is 0 Å². The Hall–Kier alpha value is -0.610. The molecule has 2 unspecified atom stereocenters. The molecule has 21 heavy (non-hydrogen) atoms. The Labute approximate surface area is 131 Å². The zero-order valence-electron chi connectivity index (χ0n) is 15.2. The number of carboxylic acids is 1. The molecule has 0 amide bonds. The highest BCUT2D eigenvalue weighted by atomic mass is 16.4. The molecule has 0 heterocycles. The van der Waals surface area contributed by atoms with Crippen molar-refractivity contribution >= 4 is 5.97 Å². The summed E-state index contributed by atoms with van der Waals surface area (Å²) < 4.78 is 0. The molecule has 0 aliphatic carbocycles. The molecule has 0 aromatic carbocycles. The van der Waals surface area contributed by atoms with E-state index in [9.17, 15) is 9.90 Å². The van der Waals surface area contributed by atoms with Gasteiger partial charge in [-0.15, -0.1) is 0 Å². The molecule has 2 atom stereocenters. The van der Waals surface area contributed by atoms with Crippen molar-refractivity contribution in [3.8, 4) is 0 Å². The van der Waals surface area contributed by atoms with E-state index in [1.54, 1.807) is 6.92 Å². The van der Waals surface area contributed by atoms with Gasteiger partial charge in [0, 0.05) is 25.2 Å². The second kappa shape index (κ2) is 8.74. The van der Waals surface area contributed by atoms with Crippen LogP contribution in [0.15, 0.2) is 0 Å². The molecule has 0 saturated carbocycles. The van der Waals surface area contributed by atoms with Crippen molar-refractivity contribution in [2.45, 2.75) is 79.4 Å². The van der Waals surface area contributed by atoms with Gasteiger partial charge in [0.15, 0.2) is 0 Å². The number of carboxylic acid groups (broad SMARTS) is 1. The Morgan fingerprint density at radius 3 is 1.76 bits per heavy atom. The predicted molar refractivity (Wildman–Crippen MR) is 89.6 cm³/mol. The SMILES string of the molecule is CC(C)CN(CC(C)C)C(C)CC(C)(NC(C)C)C(=O)O. The highest BCUT2D eigenvalue weighted by molar-refractivity contribution is 5.78. The minimum absolute atomic E-state index is 0.155. The molecule has 0 radical (unpaired) electrons. The van der Waals surface area contributed by atoms with Crippen LogP contribution in [-0.4, -0.2) is 46.7 Å². The van der Waals surface area contributed by atoms with Crippen LogP contribution in [0.2, 0.25) is 0 Å². The summed E-state index contributed by atoms with van der Waals surface area (Å²) in [6, 6.07) is 0.393. The van der Waals surface area contributed by atoms with E-state index in [-0.39, 0.29) is 12.1 Å². The van der Waals surface area contributed by atoms with Crippen LogP contribution in [0, 0.1) is 11.8 Å². The first kappa shape index (κ1) is 20.4. The first-order valence-electron chi connectivity index (χ1n) is 8.23. The minimum atomic E-state index is -0.875. The van der Waals surface area contributed by atoms with Gasteiger partial charge in [-0.3, -0.25) is 10.1 Å². The quantitative estimate of drug-likeness (QED) is 0.650. The Morgan fingerprint density at radius 2 is 1.48 bits per heavy atom. The average Bonchev–Trinajstić information content (AvgIpc) is 2.24. The summed E-state index contributed by atoms with van der Waals surface area (Å²) in [6.45, 7) is 18.8. The highest BCUT2D eigenvalue weighted by Gasteiger charge is 2.36. The Kier molecular flexibility index (Phi) is 8.49. The largest absolute Gasteiger partial charge is 0.480 e.